The molecule has 2 rings (SSSR count). The molecule has 3 N–H and O–H groups in total. The summed E-state index contributed by atoms with van der Waals surface area (Å²) in [4.78, 5) is 12.1. The summed E-state index contributed by atoms with van der Waals surface area (Å²) in [7, 11) is 0. The third-order valence-corrected chi connectivity index (χ3v) is 3.92. The molecule has 0 aliphatic rings. The summed E-state index contributed by atoms with van der Waals surface area (Å²) < 4.78 is 14.4. The van der Waals surface area contributed by atoms with Gasteiger partial charge in [0.15, 0.2) is 5.69 Å². The highest BCUT2D eigenvalue weighted by Gasteiger charge is 2.21. The third kappa shape index (κ3) is 4.77. The van der Waals surface area contributed by atoms with Crippen LogP contribution < -0.4 is 11.1 Å². The van der Waals surface area contributed by atoms with E-state index in [0.29, 0.717) is 17.9 Å². The van der Waals surface area contributed by atoms with Crippen molar-refractivity contribution in [2.24, 2.45) is 5.73 Å². The largest absolute Gasteiger partial charge is 0.349 e. The fourth-order valence-corrected chi connectivity index (χ4v) is 2.03. The summed E-state index contributed by atoms with van der Waals surface area (Å²) in [5, 5.41) is 7.02. The third-order valence-electron chi connectivity index (χ3n) is 3.92. The van der Waals surface area contributed by atoms with Gasteiger partial charge >= 0.3 is 0 Å². The van der Waals surface area contributed by atoms with Crippen molar-refractivity contribution in [3.63, 3.8) is 0 Å². The van der Waals surface area contributed by atoms with E-state index in [1.807, 2.05) is 13.8 Å². The molecule has 0 saturated carbocycles. The zero-order valence-electron chi connectivity index (χ0n) is 13.3. The number of benzene rings is 1. The fraction of sp³-hybridized carbons (Fsp3) is 0.375. The second-order valence-corrected chi connectivity index (χ2v) is 5.37. The van der Waals surface area contributed by atoms with E-state index in [9.17, 15) is 9.18 Å². The summed E-state index contributed by atoms with van der Waals surface area (Å²) in [5.41, 5.74) is 6.76. The predicted octanol–water partition coefficient (Wildman–Crippen LogP) is 2.68. The van der Waals surface area contributed by atoms with Gasteiger partial charge in [-0.25, -0.2) is 9.07 Å². The number of carbonyl (C=O) groups is 1. The minimum Gasteiger partial charge on any atom is -0.349 e. The number of amides is 1. The van der Waals surface area contributed by atoms with Crippen LogP contribution in [-0.4, -0.2) is 27.8 Å². The lowest BCUT2D eigenvalue weighted by atomic mass is 9.94. The Bertz CT molecular complexity index is 638. The zero-order chi connectivity index (χ0) is 16.2. The van der Waals surface area contributed by atoms with Gasteiger partial charge < -0.3 is 11.1 Å². The molecule has 23 heavy (non-hydrogen) atoms. The number of halogens is 2. The Labute approximate surface area is 141 Å². The van der Waals surface area contributed by atoms with Crippen LogP contribution in [0.5, 0.6) is 0 Å². The first-order chi connectivity index (χ1) is 10.5. The van der Waals surface area contributed by atoms with Gasteiger partial charge in [-0.2, -0.15) is 5.10 Å². The smallest absolute Gasteiger partial charge is 0.271 e. The van der Waals surface area contributed by atoms with Crippen molar-refractivity contribution in [3.8, 4) is 5.69 Å². The second-order valence-electron chi connectivity index (χ2n) is 5.37. The van der Waals surface area contributed by atoms with Crippen LogP contribution >= 0.6 is 12.4 Å². The van der Waals surface area contributed by atoms with Crippen LogP contribution in [-0.2, 0) is 0 Å². The Morgan fingerprint density at radius 3 is 2.43 bits per heavy atom. The van der Waals surface area contributed by atoms with E-state index in [0.717, 1.165) is 12.8 Å². The summed E-state index contributed by atoms with van der Waals surface area (Å²) in [5.74, 6) is -0.579. The minimum atomic E-state index is -0.394. The van der Waals surface area contributed by atoms with Crippen LogP contribution in [0.1, 0.15) is 37.2 Å². The molecule has 2 aromatic rings. The molecule has 0 saturated heterocycles. The van der Waals surface area contributed by atoms with E-state index >= 15 is 0 Å². The number of carbonyl (C=O) groups excluding carboxylic acids is 1. The monoisotopic (exact) mass is 340 g/mol. The van der Waals surface area contributed by atoms with Gasteiger partial charge in [0.2, 0.25) is 0 Å². The summed E-state index contributed by atoms with van der Waals surface area (Å²) in [6.07, 6.45) is 3.24. The van der Waals surface area contributed by atoms with E-state index in [4.69, 9.17) is 5.73 Å². The lowest BCUT2D eigenvalue weighted by Gasteiger charge is -2.26. The van der Waals surface area contributed by atoms with E-state index in [1.165, 1.54) is 16.8 Å². The number of hydrogen-bond acceptors (Lipinski definition) is 3. The van der Waals surface area contributed by atoms with Gasteiger partial charge in [-0.3, -0.25) is 4.79 Å². The van der Waals surface area contributed by atoms with Crippen LogP contribution in [0.3, 0.4) is 0 Å². The molecule has 0 bridgehead atoms. The highest BCUT2D eigenvalue weighted by molar-refractivity contribution is 5.92. The van der Waals surface area contributed by atoms with Crippen molar-refractivity contribution in [2.75, 3.05) is 6.54 Å². The first-order valence-electron chi connectivity index (χ1n) is 7.36. The maximum absolute atomic E-state index is 12.9. The van der Waals surface area contributed by atoms with E-state index in [2.05, 4.69) is 10.4 Å². The van der Waals surface area contributed by atoms with Crippen molar-refractivity contribution in [1.29, 1.82) is 0 Å². The van der Waals surface area contributed by atoms with Gasteiger partial charge in [0.25, 0.3) is 5.91 Å². The maximum atomic E-state index is 12.9. The Kier molecular flexibility index (Phi) is 6.72. The summed E-state index contributed by atoms with van der Waals surface area (Å²) in [6.45, 7) is 4.40. The molecule has 0 radical (unpaired) electrons. The average molecular weight is 341 g/mol. The molecule has 7 heteroatoms. The van der Waals surface area contributed by atoms with Gasteiger partial charge in [0.05, 0.1) is 5.69 Å². The number of hydrogen-bond donors (Lipinski definition) is 2. The van der Waals surface area contributed by atoms with Gasteiger partial charge in [-0.15, -0.1) is 12.4 Å². The van der Waals surface area contributed by atoms with Crippen molar-refractivity contribution in [3.05, 3.63) is 48.0 Å². The van der Waals surface area contributed by atoms with Crippen LogP contribution in [0, 0.1) is 5.82 Å². The SMILES string of the molecule is CCC(N)(CC)CNC(=O)c1ccn(-c2ccc(F)cc2)n1.Cl. The average Bonchev–Trinajstić information content (AvgIpc) is 3.03. The van der Waals surface area contributed by atoms with Gasteiger partial charge in [-0.05, 0) is 43.2 Å². The summed E-state index contributed by atoms with van der Waals surface area (Å²) in [6, 6.07) is 7.52. The number of rotatable bonds is 6. The summed E-state index contributed by atoms with van der Waals surface area (Å²) >= 11 is 0. The van der Waals surface area contributed by atoms with Crippen molar-refractivity contribution in [2.45, 2.75) is 32.2 Å². The first-order valence-corrected chi connectivity index (χ1v) is 7.36. The molecule has 5 nitrogen and oxygen atoms in total. The molecule has 1 aromatic carbocycles. The van der Waals surface area contributed by atoms with Gasteiger partial charge in [0.1, 0.15) is 5.82 Å². The second kappa shape index (κ2) is 8.08. The molecule has 0 unspecified atom stereocenters. The van der Waals surface area contributed by atoms with E-state index in [1.54, 1.807) is 24.4 Å². The maximum Gasteiger partial charge on any atom is 0.271 e. The molecular formula is C16H22ClFN4O. The van der Waals surface area contributed by atoms with Crippen molar-refractivity contribution < 1.29 is 9.18 Å². The predicted molar refractivity (Wildman–Crippen MR) is 90.6 cm³/mol. The van der Waals surface area contributed by atoms with Crippen molar-refractivity contribution in [1.82, 2.24) is 15.1 Å². The number of nitrogens with one attached hydrogen (secondary N) is 1. The van der Waals surface area contributed by atoms with E-state index in [-0.39, 0.29) is 24.1 Å². The minimum absolute atomic E-state index is 0. The van der Waals surface area contributed by atoms with Gasteiger partial charge in [-0.1, -0.05) is 13.8 Å². The molecule has 0 aliphatic carbocycles. The van der Waals surface area contributed by atoms with Crippen molar-refractivity contribution >= 4 is 18.3 Å². The quantitative estimate of drug-likeness (QED) is 0.849. The molecule has 1 heterocycles. The standard InChI is InChI=1S/C16H21FN4O.ClH/c1-3-16(18,4-2)11-19-15(22)14-9-10-21(20-14)13-7-5-12(17)6-8-13;/h5-10H,3-4,11,18H2,1-2H3,(H,19,22);1H. The molecule has 1 aromatic heterocycles. The Hall–Kier alpha value is -1.92. The molecule has 126 valence electrons. The molecule has 0 aliphatic heterocycles. The Morgan fingerprint density at radius 1 is 1.26 bits per heavy atom. The van der Waals surface area contributed by atoms with Crippen LogP contribution in [0.25, 0.3) is 5.69 Å². The zero-order valence-corrected chi connectivity index (χ0v) is 14.1. The lowest BCUT2D eigenvalue weighted by Crippen LogP contribution is -2.49. The molecule has 0 atom stereocenters. The van der Waals surface area contributed by atoms with Gasteiger partial charge in [0, 0.05) is 18.3 Å². The first kappa shape index (κ1) is 19.1. The van der Waals surface area contributed by atoms with Crippen LogP contribution in [0.2, 0.25) is 0 Å². The van der Waals surface area contributed by atoms with Crippen LogP contribution in [0.15, 0.2) is 36.5 Å². The van der Waals surface area contributed by atoms with E-state index < -0.39 is 5.54 Å². The normalized spacial score (nSPS) is 11.0. The number of nitrogens with zero attached hydrogens (tertiary/aromatic N) is 2. The Morgan fingerprint density at radius 2 is 1.87 bits per heavy atom. The molecule has 0 fully saturated rings. The fourth-order valence-electron chi connectivity index (χ4n) is 2.03. The topological polar surface area (TPSA) is 72.9 Å². The Balaban J connectivity index is 0.00000264. The molecular weight excluding hydrogens is 319 g/mol. The molecule has 0 spiro atoms. The highest BCUT2D eigenvalue weighted by Crippen LogP contribution is 2.11. The number of nitrogens with two attached hydrogens (primary N) is 1. The molecule has 1 amide bonds. The lowest BCUT2D eigenvalue weighted by molar-refractivity contribution is 0.0936. The highest BCUT2D eigenvalue weighted by atomic mass is 35.5. The van der Waals surface area contributed by atoms with Crippen LogP contribution in [0.4, 0.5) is 4.39 Å². The number of aromatic nitrogens is 2.